The summed E-state index contributed by atoms with van der Waals surface area (Å²) in [6.07, 6.45) is 0.734. The van der Waals surface area contributed by atoms with E-state index >= 15 is 0 Å². The molecule has 0 aliphatic rings. The van der Waals surface area contributed by atoms with Gasteiger partial charge in [-0.15, -0.1) is 0 Å². The lowest BCUT2D eigenvalue weighted by Gasteiger charge is -2.11. The van der Waals surface area contributed by atoms with Gasteiger partial charge in [-0.3, -0.25) is 0 Å². The van der Waals surface area contributed by atoms with Crippen molar-refractivity contribution in [3.63, 3.8) is 0 Å². The Bertz CT molecular complexity index is 496. The van der Waals surface area contributed by atoms with E-state index in [2.05, 4.69) is 15.9 Å². The van der Waals surface area contributed by atoms with E-state index in [0.29, 0.717) is 10.6 Å². The molecular formula is C14H11BrClF. The molecule has 0 bridgehead atoms. The van der Waals surface area contributed by atoms with Crippen molar-refractivity contribution in [3.05, 3.63) is 70.5 Å². The molecule has 2 aromatic carbocycles. The van der Waals surface area contributed by atoms with Crippen LogP contribution in [0.5, 0.6) is 0 Å². The van der Waals surface area contributed by atoms with E-state index in [1.54, 1.807) is 12.1 Å². The lowest BCUT2D eigenvalue weighted by molar-refractivity contribution is 0.608. The minimum atomic E-state index is -0.177. The smallest absolute Gasteiger partial charge is 0.127 e. The maximum atomic E-state index is 13.6. The van der Waals surface area contributed by atoms with Crippen molar-refractivity contribution in [2.75, 3.05) is 0 Å². The van der Waals surface area contributed by atoms with Crippen LogP contribution in [0.4, 0.5) is 4.39 Å². The lowest BCUT2D eigenvalue weighted by Crippen LogP contribution is -1.98. The van der Waals surface area contributed by atoms with Crippen LogP contribution in [0.3, 0.4) is 0 Å². The number of benzene rings is 2. The Hall–Kier alpha value is -0.860. The fraction of sp³-hybridized carbons (Fsp3) is 0.143. The summed E-state index contributed by atoms with van der Waals surface area (Å²) < 4.78 is 13.6. The molecule has 1 unspecified atom stereocenters. The van der Waals surface area contributed by atoms with Crippen molar-refractivity contribution >= 4 is 27.5 Å². The number of halogens is 3. The SMILES string of the molecule is Fc1ccccc1C(Br)Cc1ccc(Cl)cc1. The van der Waals surface area contributed by atoms with Gasteiger partial charge in [-0.1, -0.05) is 57.9 Å². The Morgan fingerprint density at radius 3 is 2.35 bits per heavy atom. The quantitative estimate of drug-likeness (QED) is 0.687. The average Bonchev–Trinajstić information content (AvgIpc) is 2.32. The number of hydrogen-bond donors (Lipinski definition) is 0. The Morgan fingerprint density at radius 1 is 1.06 bits per heavy atom. The van der Waals surface area contributed by atoms with Gasteiger partial charge in [0.2, 0.25) is 0 Å². The van der Waals surface area contributed by atoms with Gasteiger partial charge in [0.15, 0.2) is 0 Å². The molecule has 0 saturated carbocycles. The van der Waals surface area contributed by atoms with Crippen LogP contribution in [-0.4, -0.2) is 0 Å². The molecule has 0 aliphatic heterocycles. The Morgan fingerprint density at radius 2 is 1.71 bits per heavy atom. The largest absolute Gasteiger partial charge is 0.207 e. The van der Waals surface area contributed by atoms with Gasteiger partial charge < -0.3 is 0 Å². The summed E-state index contributed by atoms with van der Waals surface area (Å²) in [4.78, 5) is -0.0233. The van der Waals surface area contributed by atoms with Crippen LogP contribution in [-0.2, 0) is 6.42 Å². The topological polar surface area (TPSA) is 0 Å². The minimum Gasteiger partial charge on any atom is -0.207 e. The number of rotatable bonds is 3. The third-order valence-corrected chi connectivity index (χ3v) is 3.64. The van der Waals surface area contributed by atoms with Gasteiger partial charge in [0.25, 0.3) is 0 Å². The molecule has 0 spiro atoms. The van der Waals surface area contributed by atoms with E-state index in [-0.39, 0.29) is 10.6 Å². The molecule has 0 heterocycles. The zero-order valence-electron chi connectivity index (χ0n) is 9.04. The van der Waals surface area contributed by atoms with Crippen molar-refractivity contribution in [3.8, 4) is 0 Å². The molecular weight excluding hydrogens is 303 g/mol. The second-order valence-electron chi connectivity index (χ2n) is 3.82. The van der Waals surface area contributed by atoms with E-state index < -0.39 is 0 Å². The highest BCUT2D eigenvalue weighted by molar-refractivity contribution is 9.09. The van der Waals surface area contributed by atoms with Gasteiger partial charge in [-0.25, -0.2) is 4.39 Å². The first-order valence-corrected chi connectivity index (χ1v) is 6.59. The fourth-order valence-corrected chi connectivity index (χ4v) is 2.54. The van der Waals surface area contributed by atoms with Gasteiger partial charge in [0.05, 0.1) is 0 Å². The highest BCUT2D eigenvalue weighted by Crippen LogP contribution is 2.29. The molecule has 3 heteroatoms. The molecule has 17 heavy (non-hydrogen) atoms. The highest BCUT2D eigenvalue weighted by Gasteiger charge is 2.12. The summed E-state index contributed by atoms with van der Waals surface area (Å²) in [5.41, 5.74) is 1.81. The molecule has 0 amide bonds. The molecule has 0 nitrogen and oxygen atoms in total. The Labute approximate surface area is 114 Å². The molecule has 1 atom stereocenters. The molecule has 0 N–H and O–H groups in total. The third kappa shape index (κ3) is 3.30. The van der Waals surface area contributed by atoms with Crippen LogP contribution in [0, 0.1) is 5.82 Å². The van der Waals surface area contributed by atoms with Gasteiger partial charge in [0, 0.05) is 15.4 Å². The van der Waals surface area contributed by atoms with E-state index in [4.69, 9.17) is 11.6 Å². The van der Waals surface area contributed by atoms with Gasteiger partial charge in [-0.2, -0.15) is 0 Å². The molecule has 0 fully saturated rings. The second-order valence-corrected chi connectivity index (χ2v) is 5.36. The van der Waals surface area contributed by atoms with Crippen molar-refractivity contribution in [1.29, 1.82) is 0 Å². The number of alkyl halides is 1. The first-order chi connectivity index (χ1) is 8.16. The maximum absolute atomic E-state index is 13.6. The van der Waals surface area contributed by atoms with Crippen LogP contribution in [0.25, 0.3) is 0 Å². The van der Waals surface area contributed by atoms with Crippen LogP contribution >= 0.6 is 27.5 Å². The Balaban J connectivity index is 2.14. The van der Waals surface area contributed by atoms with E-state index in [1.807, 2.05) is 30.3 Å². The van der Waals surface area contributed by atoms with E-state index in [1.165, 1.54) is 6.07 Å². The third-order valence-electron chi connectivity index (χ3n) is 2.57. The van der Waals surface area contributed by atoms with E-state index in [0.717, 1.165) is 12.0 Å². The van der Waals surface area contributed by atoms with Crippen molar-refractivity contribution in [2.24, 2.45) is 0 Å². The first kappa shape index (κ1) is 12.6. The van der Waals surface area contributed by atoms with Gasteiger partial charge >= 0.3 is 0 Å². The standard InChI is InChI=1S/C14H11BrClF/c15-13(12-3-1-2-4-14(12)17)9-10-5-7-11(16)8-6-10/h1-8,13H,9H2. The summed E-state index contributed by atoms with van der Waals surface area (Å²) in [6.45, 7) is 0. The normalized spacial score (nSPS) is 12.4. The zero-order chi connectivity index (χ0) is 12.3. The van der Waals surface area contributed by atoms with Crippen molar-refractivity contribution < 1.29 is 4.39 Å². The molecule has 0 saturated heterocycles. The van der Waals surface area contributed by atoms with Crippen molar-refractivity contribution in [2.45, 2.75) is 11.2 Å². The molecule has 2 rings (SSSR count). The molecule has 2 aromatic rings. The maximum Gasteiger partial charge on any atom is 0.127 e. The zero-order valence-corrected chi connectivity index (χ0v) is 11.4. The van der Waals surface area contributed by atoms with E-state index in [9.17, 15) is 4.39 Å². The number of hydrogen-bond acceptors (Lipinski definition) is 0. The summed E-state index contributed by atoms with van der Waals surface area (Å²) >= 11 is 9.34. The molecule has 0 radical (unpaired) electrons. The highest BCUT2D eigenvalue weighted by atomic mass is 79.9. The average molecular weight is 314 g/mol. The predicted octanol–water partition coefficient (Wildman–Crippen LogP) is 5.16. The first-order valence-electron chi connectivity index (χ1n) is 5.30. The fourth-order valence-electron chi connectivity index (χ4n) is 1.67. The summed E-state index contributed by atoms with van der Waals surface area (Å²) in [5.74, 6) is -0.177. The lowest BCUT2D eigenvalue weighted by atomic mass is 10.0. The summed E-state index contributed by atoms with van der Waals surface area (Å²) in [6, 6.07) is 14.4. The van der Waals surface area contributed by atoms with Crippen LogP contribution < -0.4 is 0 Å². The second kappa shape index (κ2) is 5.65. The van der Waals surface area contributed by atoms with Crippen LogP contribution in [0.2, 0.25) is 5.02 Å². The summed E-state index contributed by atoms with van der Waals surface area (Å²) in [5, 5.41) is 0.714. The van der Waals surface area contributed by atoms with Crippen LogP contribution in [0.1, 0.15) is 16.0 Å². The molecule has 0 aromatic heterocycles. The minimum absolute atomic E-state index is 0.0233. The van der Waals surface area contributed by atoms with Crippen molar-refractivity contribution in [1.82, 2.24) is 0 Å². The Kier molecular flexibility index (Phi) is 4.19. The molecule has 88 valence electrons. The predicted molar refractivity (Wildman–Crippen MR) is 73.2 cm³/mol. The summed E-state index contributed by atoms with van der Waals surface area (Å²) in [7, 11) is 0. The molecule has 0 aliphatic carbocycles. The monoisotopic (exact) mass is 312 g/mol. The van der Waals surface area contributed by atoms with Gasteiger partial charge in [0.1, 0.15) is 5.82 Å². The van der Waals surface area contributed by atoms with Crippen LogP contribution in [0.15, 0.2) is 48.5 Å². The van der Waals surface area contributed by atoms with Gasteiger partial charge in [-0.05, 0) is 30.2 Å².